The first kappa shape index (κ1) is 23.9. The first-order valence-corrected chi connectivity index (χ1v) is 12.5. The fraction of sp³-hybridized carbons (Fsp3) is 0.259. The second-order valence-electron chi connectivity index (χ2n) is 8.45. The molecule has 36 heavy (non-hydrogen) atoms. The molecule has 1 atom stereocenters. The van der Waals surface area contributed by atoms with Gasteiger partial charge in [-0.2, -0.15) is 0 Å². The minimum atomic E-state index is -0.493. The Balaban J connectivity index is 1.30. The van der Waals surface area contributed by atoms with Crippen LogP contribution in [0.3, 0.4) is 0 Å². The van der Waals surface area contributed by atoms with Crippen molar-refractivity contribution in [3.05, 3.63) is 78.1 Å². The number of thiazole rings is 1. The van der Waals surface area contributed by atoms with Crippen LogP contribution in [0, 0.1) is 0 Å². The van der Waals surface area contributed by atoms with Crippen molar-refractivity contribution in [3.63, 3.8) is 0 Å². The van der Waals surface area contributed by atoms with Gasteiger partial charge in [0.25, 0.3) is 5.91 Å². The number of rotatable bonds is 6. The Morgan fingerprint density at radius 3 is 2.47 bits per heavy atom. The van der Waals surface area contributed by atoms with Gasteiger partial charge in [0.15, 0.2) is 0 Å². The van der Waals surface area contributed by atoms with Crippen molar-refractivity contribution < 1.29 is 19.1 Å². The largest absolute Gasteiger partial charge is 0.497 e. The van der Waals surface area contributed by atoms with E-state index in [0.717, 1.165) is 32.1 Å². The fourth-order valence-corrected chi connectivity index (χ4v) is 5.41. The SMILES string of the molecule is COC(=O)C(c1ccccc1)N1CCN(C(=O)c2cc(-c3nc4ccc(OC)cc4s3)ccn2)CC1. The maximum absolute atomic E-state index is 13.3. The number of esters is 1. The molecule has 4 aromatic rings. The van der Waals surface area contributed by atoms with Gasteiger partial charge in [0.1, 0.15) is 22.5 Å². The topological polar surface area (TPSA) is 84.9 Å². The van der Waals surface area contributed by atoms with Crippen LogP contribution in [0.2, 0.25) is 0 Å². The van der Waals surface area contributed by atoms with Gasteiger partial charge in [-0.25, -0.2) is 9.78 Å². The maximum Gasteiger partial charge on any atom is 0.327 e. The summed E-state index contributed by atoms with van der Waals surface area (Å²) in [7, 11) is 3.04. The summed E-state index contributed by atoms with van der Waals surface area (Å²) in [6, 6.07) is 18.5. The number of hydrogen-bond acceptors (Lipinski definition) is 8. The molecule has 0 radical (unpaired) electrons. The molecule has 0 spiro atoms. The van der Waals surface area contributed by atoms with Crippen LogP contribution >= 0.6 is 11.3 Å². The van der Waals surface area contributed by atoms with E-state index < -0.39 is 6.04 Å². The molecule has 1 amide bonds. The normalized spacial score (nSPS) is 15.0. The summed E-state index contributed by atoms with van der Waals surface area (Å²) < 4.78 is 11.4. The predicted molar refractivity (Wildman–Crippen MR) is 138 cm³/mol. The average molecular weight is 503 g/mol. The molecule has 9 heteroatoms. The summed E-state index contributed by atoms with van der Waals surface area (Å²) in [5.74, 6) is 0.349. The van der Waals surface area contributed by atoms with Gasteiger partial charge in [-0.3, -0.25) is 14.7 Å². The molecule has 1 saturated heterocycles. The van der Waals surface area contributed by atoms with Gasteiger partial charge in [-0.15, -0.1) is 11.3 Å². The highest BCUT2D eigenvalue weighted by Gasteiger charge is 2.32. The minimum Gasteiger partial charge on any atom is -0.497 e. The molecule has 1 unspecified atom stereocenters. The second-order valence-corrected chi connectivity index (χ2v) is 9.48. The number of benzene rings is 2. The van der Waals surface area contributed by atoms with Crippen LogP contribution < -0.4 is 4.74 Å². The summed E-state index contributed by atoms with van der Waals surface area (Å²) in [5, 5.41) is 0.823. The molecule has 0 bridgehead atoms. The van der Waals surface area contributed by atoms with Crippen molar-refractivity contribution in [2.75, 3.05) is 40.4 Å². The van der Waals surface area contributed by atoms with Gasteiger partial charge in [0.2, 0.25) is 0 Å². The van der Waals surface area contributed by atoms with Gasteiger partial charge < -0.3 is 14.4 Å². The van der Waals surface area contributed by atoms with Crippen molar-refractivity contribution in [2.45, 2.75) is 6.04 Å². The summed E-state index contributed by atoms with van der Waals surface area (Å²) in [6.07, 6.45) is 1.65. The van der Waals surface area contributed by atoms with E-state index in [1.807, 2.05) is 54.6 Å². The van der Waals surface area contributed by atoms with Crippen LogP contribution in [0.5, 0.6) is 5.75 Å². The molecule has 0 saturated carbocycles. The highest BCUT2D eigenvalue weighted by molar-refractivity contribution is 7.21. The highest BCUT2D eigenvalue weighted by atomic mass is 32.1. The van der Waals surface area contributed by atoms with Gasteiger partial charge >= 0.3 is 5.97 Å². The van der Waals surface area contributed by atoms with Gasteiger partial charge in [-0.1, -0.05) is 30.3 Å². The number of ether oxygens (including phenoxy) is 2. The van der Waals surface area contributed by atoms with E-state index >= 15 is 0 Å². The van der Waals surface area contributed by atoms with E-state index in [1.54, 1.807) is 35.6 Å². The van der Waals surface area contributed by atoms with Crippen LogP contribution in [0.25, 0.3) is 20.8 Å². The summed E-state index contributed by atoms with van der Waals surface area (Å²) in [5.41, 5.74) is 2.99. The number of aromatic nitrogens is 2. The lowest BCUT2D eigenvalue weighted by atomic mass is 10.0. The second kappa shape index (κ2) is 10.4. The Labute approximate surface area is 213 Å². The lowest BCUT2D eigenvalue weighted by Gasteiger charge is -2.38. The number of methoxy groups -OCH3 is 2. The average Bonchev–Trinajstić information content (AvgIpc) is 3.37. The smallest absolute Gasteiger partial charge is 0.327 e. The lowest BCUT2D eigenvalue weighted by molar-refractivity contribution is -0.148. The molecule has 0 N–H and O–H groups in total. The number of fused-ring (bicyclic) bond motifs is 1. The van der Waals surface area contributed by atoms with Crippen LogP contribution in [-0.2, 0) is 9.53 Å². The summed E-state index contributed by atoms with van der Waals surface area (Å²) >= 11 is 1.55. The van der Waals surface area contributed by atoms with Crippen molar-refractivity contribution in [1.29, 1.82) is 0 Å². The van der Waals surface area contributed by atoms with Crippen molar-refractivity contribution in [1.82, 2.24) is 19.8 Å². The first-order chi connectivity index (χ1) is 17.6. The first-order valence-electron chi connectivity index (χ1n) is 11.6. The number of hydrogen-bond donors (Lipinski definition) is 0. The fourth-order valence-electron chi connectivity index (χ4n) is 4.42. The van der Waals surface area contributed by atoms with Crippen LogP contribution in [0.15, 0.2) is 66.9 Å². The molecule has 2 aromatic carbocycles. The molecule has 5 rings (SSSR count). The maximum atomic E-state index is 13.3. The lowest BCUT2D eigenvalue weighted by Crippen LogP contribution is -2.51. The Morgan fingerprint density at radius 1 is 0.972 bits per heavy atom. The monoisotopic (exact) mass is 502 g/mol. The van der Waals surface area contributed by atoms with E-state index in [-0.39, 0.29) is 11.9 Å². The van der Waals surface area contributed by atoms with E-state index in [4.69, 9.17) is 14.5 Å². The summed E-state index contributed by atoms with van der Waals surface area (Å²) in [6.45, 7) is 2.09. The van der Waals surface area contributed by atoms with Gasteiger partial charge in [0, 0.05) is 37.9 Å². The zero-order chi connectivity index (χ0) is 25.1. The minimum absolute atomic E-state index is 0.131. The number of carbonyl (C=O) groups excluding carboxylic acids is 2. The Hall–Kier alpha value is -3.82. The third kappa shape index (κ3) is 4.80. The zero-order valence-corrected chi connectivity index (χ0v) is 20.9. The van der Waals surface area contributed by atoms with E-state index in [2.05, 4.69) is 9.88 Å². The number of amides is 1. The van der Waals surface area contributed by atoms with Gasteiger partial charge in [-0.05, 0) is 35.9 Å². The van der Waals surface area contributed by atoms with E-state index in [1.165, 1.54) is 7.11 Å². The van der Waals surface area contributed by atoms with Crippen molar-refractivity contribution in [2.24, 2.45) is 0 Å². The quantitative estimate of drug-likeness (QED) is 0.368. The molecule has 184 valence electrons. The van der Waals surface area contributed by atoms with E-state index in [0.29, 0.717) is 31.9 Å². The molecule has 8 nitrogen and oxygen atoms in total. The Bertz CT molecular complexity index is 1380. The van der Waals surface area contributed by atoms with Crippen LogP contribution in [0.1, 0.15) is 22.1 Å². The third-order valence-corrected chi connectivity index (χ3v) is 7.40. The molecule has 2 aromatic heterocycles. The Morgan fingerprint density at radius 2 is 1.75 bits per heavy atom. The summed E-state index contributed by atoms with van der Waals surface area (Å²) in [4.78, 5) is 38.7. The van der Waals surface area contributed by atoms with Crippen LogP contribution in [-0.4, -0.2) is 72.0 Å². The molecule has 1 fully saturated rings. The van der Waals surface area contributed by atoms with Gasteiger partial charge in [0.05, 0.1) is 24.4 Å². The number of carbonyl (C=O) groups is 2. The van der Waals surface area contributed by atoms with E-state index in [9.17, 15) is 9.59 Å². The number of nitrogens with zero attached hydrogens (tertiary/aromatic N) is 4. The zero-order valence-electron chi connectivity index (χ0n) is 20.1. The standard InChI is InChI=1S/C27H26N4O4S/c1-34-20-8-9-21-23(17-20)36-25(29-21)19-10-11-28-22(16-19)26(32)31-14-12-30(13-15-31)24(27(33)35-2)18-6-4-3-5-7-18/h3-11,16-17,24H,12-15H2,1-2H3. The highest BCUT2D eigenvalue weighted by Crippen LogP contribution is 2.32. The van der Waals surface area contributed by atoms with Crippen molar-refractivity contribution in [3.8, 4) is 16.3 Å². The molecule has 1 aliphatic heterocycles. The molecule has 1 aliphatic rings. The molecular formula is C27H26N4O4S. The predicted octanol–water partition coefficient (Wildman–Crippen LogP) is 4.04. The third-order valence-electron chi connectivity index (χ3n) is 6.33. The molecule has 3 heterocycles. The molecular weight excluding hydrogens is 476 g/mol. The number of piperazine rings is 1. The number of pyridine rings is 1. The van der Waals surface area contributed by atoms with Crippen LogP contribution in [0.4, 0.5) is 0 Å². The molecule has 0 aliphatic carbocycles. The van der Waals surface area contributed by atoms with Crippen molar-refractivity contribution >= 4 is 33.4 Å². The Kier molecular flexibility index (Phi) is 6.92.